The topological polar surface area (TPSA) is 58.6 Å². The molecule has 4 nitrogen and oxygen atoms in total. The summed E-state index contributed by atoms with van der Waals surface area (Å²) in [6, 6.07) is 4.62. The van der Waals surface area contributed by atoms with E-state index >= 15 is 0 Å². The largest absolute Gasteiger partial charge is 0.378 e. The van der Waals surface area contributed by atoms with Crippen LogP contribution in [0.25, 0.3) is 0 Å². The number of rotatable bonds is 3. The monoisotopic (exact) mass is 315 g/mol. The smallest absolute Gasteiger partial charge is 0.253 e. The van der Waals surface area contributed by atoms with Crippen LogP contribution in [0.2, 0.25) is 10.0 Å². The molecule has 20 heavy (non-hydrogen) atoms. The quantitative estimate of drug-likeness (QED) is 0.900. The first kappa shape index (κ1) is 14.1. The molecule has 1 aromatic carbocycles. The van der Waals surface area contributed by atoms with Crippen LogP contribution < -0.4 is 5.32 Å². The van der Waals surface area contributed by atoms with Crippen molar-refractivity contribution in [2.24, 2.45) is 0 Å². The Hall–Kier alpha value is -0.810. The number of hydrogen-bond donors (Lipinski definition) is 2. The molecule has 0 aromatic heterocycles. The highest BCUT2D eigenvalue weighted by molar-refractivity contribution is 6.34. The number of hydrogen-bond acceptors (Lipinski definition) is 3. The lowest BCUT2D eigenvalue weighted by Gasteiger charge is -2.22. The van der Waals surface area contributed by atoms with Gasteiger partial charge in [-0.25, -0.2) is 0 Å². The molecule has 0 radical (unpaired) electrons. The summed E-state index contributed by atoms with van der Waals surface area (Å²) in [7, 11) is 0. The van der Waals surface area contributed by atoms with E-state index < -0.39 is 12.0 Å². The van der Waals surface area contributed by atoms with Crippen LogP contribution in [0.5, 0.6) is 0 Å². The minimum absolute atomic E-state index is 0.00874. The predicted octanol–water partition coefficient (Wildman–Crippen LogP) is 2.46. The van der Waals surface area contributed by atoms with Crippen LogP contribution in [0, 0.1) is 0 Å². The van der Waals surface area contributed by atoms with E-state index in [1.807, 2.05) is 0 Å². The number of aliphatic hydroxyl groups excluding tert-OH is 1. The molecule has 0 unspecified atom stereocenters. The van der Waals surface area contributed by atoms with Gasteiger partial charge in [0.15, 0.2) is 6.10 Å². The summed E-state index contributed by atoms with van der Waals surface area (Å²) >= 11 is 11.7. The van der Waals surface area contributed by atoms with Gasteiger partial charge in [-0.15, -0.1) is 0 Å². The van der Waals surface area contributed by atoms with Crippen LogP contribution in [0.4, 0.5) is 0 Å². The van der Waals surface area contributed by atoms with Crippen molar-refractivity contribution >= 4 is 29.1 Å². The van der Waals surface area contributed by atoms with Gasteiger partial charge < -0.3 is 15.2 Å². The van der Waals surface area contributed by atoms with Gasteiger partial charge in [0.2, 0.25) is 0 Å². The van der Waals surface area contributed by atoms with Crippen molar-refractivity contribution in [2.45, 2.75) is 43.6 Å². The lowest BCUT2D eigenvalue weighted by Crippen LogP contribution is -2.43. The van der Waals surface area contributed by atoms with E-state index in [0.29, 0.717) is 15.6 Å². The van der Waals surface area contributed by atoms with Crippen molar-refractivity contribution in [2.75, 3.05) is 0 Å². The third-order valence-electron chi connectivity index (χ3n) is 3.88. The molecular formula is C14H15Cl2NO3. The fourth-order valence-corrected chi connectivity index (χ4v) is 3.48. The Labute approximate surface area is 127 Å². The Morgan fingerprint density at radius 1 is 1.30 bits per heavy atom. The molecule has 2 heterocycles. The van der Waals surface area contributed by atoms with E-state index in [2.05, 4.69) is 5.32 Å². The molecule has 1 amide bonds. The molecule has 2 aliphatic rings. The molecule has 2 bridgehead atoms. The highest BCUT2D eigenvalue weighted by Gasteiger charge is 2.41. The van der Waals surface area contributed by atoms with Gasteiger partial charge in [0, 0.05) is 10.0 Å². The maximum atomic E-state index is 12.1. The van der Waals surface area contributed by atoms with Gasteiger partial charge >= 0.3 is 0 Å². The first-order valence-corrected chi connectivity index (χ1v) is 7.38. The van der Waals surface area contributed by atoms with Gasteiger partial charge in [0.25, 0.3) is 5.91 Å². The summed E-state index contributed by atoms with van der Waals surface area (Å²) in [6.07, 6.45) is 1.91. The number of halogens is 2. The van der Waals surface area contributed by atoms with E-state index in [1.165, 1.54) is 12.1 Å². The molecule has 2 fully saturated rings. The van der Waals surface area contributed by atoms with Gasteiger partial charge in [-0.1, -0.05) is 23.2 Å². The van der Waals surface area contributed by atoms with Crippen molar-refractivity contribution < 1.29 is 14.6 Å². The number of amides is 1. The molecular weight excluding hydrogens is 301 g/mol. The van der Waals surface area contributed by atoms with E-state index in [0.717, 1.165) is 19.3 Å². The molecule has 3 rings (SSSR count). The average molecular weight is 316 g/mol. The Morgan fingerprint density at radius 2 is 2.00 bits per heavy atom. The molecule has 1 aromatic rings. The molecule has 2 N–H and O–H groups in total. The van der Waals surface area contributed by atoms with E-state index in [1.54, 1.807) is 6.07 Å². The molecule has 0 aliphatic carbocycles. The van der Waals surface area contributed by atoms with E-state index in [9.17, 15) is 9.90 Å². The van der Waals surface area contributed by atoms with Crippen molar-refractivity contribution in [1.82, 2.24) is 5.32 Å². The van der Waals surface area contributed by atoms with Crippen LogP contribution in [0.15, 0.2) is 18.2 Å². The Kier molecular flexibility index (Phi) is 3.91. The zero-order valence-electron chi connectivity index (χ0n) is 10.7. The Bertz CT molecular complexity index is 517. The van der Waals surface area contributed by atoms with Crippen LogP contribution in [0.3, 0.4) is 0 Å². The second-order valence-corrected chi connectivity index (χ2v) is 6.20. The number of benzene rings is 1. The summed E-state index contributed by atoms with van der Waals surface area (Å²) in [5.41, 5.74) is 0.393. The summed E-state index contributed by atoms with van der Waals surface area (Å²) in [6.45, 7) is 0. The lowest BCUT2D eigenvalue weighted by molar-refractivity contribution is -0.130. The van der Waals surface area contributed by atoms with E-state index in [-0.39, 0.29) is 18.2 Å². The number of carbonyl (C=O) groups is 1. The van der Waals surface area contributed by atoms with Crippen molar-refractivity contribution in [3.05, 3.63) is 33.8 Å². The standard InChI is InChI=1S/C14H15Cl2NO3/c15-8-3-7(4-9(16)5-8)13(18)14(19)17-11-6-10-1-2-12(11)20-10/h3-5,10-13,18H,1-2,6H2,(H,17,19)/t10-,11-,12-,13+/m1/s1. The highest BCUT2D eigenvalue weighted by atomic mass is 35.5. The number of fused-ring (bicyclic) bond motifs is 2. The highest BCUT2D eigenvalue weighted by Crippen LogP contribution is 2.34. The van der Waals surface area contributed by atoms with E-state index in [4.69, 9.17) is 27.9 Å². The van der Waals surface area contributed by atoms with Crippen LogP contribution in [0.1, 0.15) is 30.9 Å². The fraction of sp³-hybridized carbons (Fsp3) is 0.500. The van der Waals surface area contributed by atoms with Gasteiger partial charge in [0.1, 0.15) is 0 Å². The first-order valence-electron chi connectivity index (χ1n) is 6.63. The Balaban J connectivity index is 1.67. The first-order chi connectivity index (χ1) is 9.52. The SMILES string of the molecule is O=C(N[C@@H]1C[C@H]2CC[C@H]1O2)[C@@H](O)c1cc(Cl)cc(Cl)c1. The third kappa shape index (κ3) is 2.79. The zero-order valence-corrected chi connectivity index (χ0v) is 12.2. The van der Waals surface area contributed by atoms with Gasteiger partial charge in [0.05, 0.1) is 18.2 Å². The minimum Gasteiger partial charge on any atom is -0.378 e. The van der Waals surface area contributed by atoms with Crippen molar-refractivity contribution in [1.29, 1.82) is 0 Å². The maximum Gasteiger partial charge on any atom is 0.253 e. The van der Waals surface area contributed by atoms with Crippen molar-refractivity contribution in [3.63, 3.8) is 0 Å². The Morgan fingerprint density at radius 3 is 2.55 bits per heavy atom. The van der Waals surface area contributed by atoms with Gasteiger partial charge in [-0.2, -0.15) is 0 Å². The molecule has 2 saturated heterocycles. The minimum atomic E-state index is -1.27. The normalized spacial score (nSPS) is 29.4. The van der Waals surface area contributed by atoms with Crippen LogP contribution in [-0.4, -0.2) is 29.3 Å². The zero-order chi connectivity index (χ0) is 14.3. The predicted molar refractivity (Wildman–Crippen MR) is 75.9 cm³/mol. The summed E-state index contributed by atoms with van der Waals surface area (Å²) in [5, 5.41) is 13.7. The molecule has 0 spiro atoms. The molecule has 0 saturated carbocycles. The molecule has 4 atom stereocenters. The summed E-state index contributed by atoms with van der Waals surface area (Å²) in [4.78, 5) is 12.1. The van der Waals surface area contributed by atoms with Gasteiger partial charge in [-0.3, -0.25) is 4.79 Å². The van der Waals surface area contributed by atoms with Crippen molar-refractivity contribution in [3.8, 4) is 0 Å². The molecule has 108 valence electrons. The number of ether oxygens (including phenoxy) is 1. The second kappa shape index (κ2) is 5.53. The molecule has 6 heteroatoms. The summed E-state index contributed by atoms with van der Waals surface area (Å²) in [5.74, 6) is -0.440. The second-order valence-electron chi connectivity index (χ2n) is 5.33. The number of nitrogens with one attached hydrogen (secondary N) is 1. The average Bonchev–Trinajstić information content (AvgIpc) is 2.98. The van der Waals surface area contributed by atoms with Gasteiger partial charge in [-0.05, 0) is 43.0 Å². The lowest BCUT2D eigenvalue weighted by atomic mass is 9.95. The number of carbonyl (C=O) groups excluding carboxylic acids is 1. The number of aliphatic hydroxyl groups is 1. The third-order valence-corrected chi connectivity index (χ3v) is 4.32. The van der Waals surface area contributed by atoms with Crippen LogP contribution >= 0.6 is 23.2 Å². The summed E-state index contributed by atoms with van der Waals surface area (Å²) < 4.78 is 5.67. The fourth-order valence-electron chi connectivity index (χ4n) is 2.94. The van der Waals surface area contributed by atoms with Crippen LogP contribution in [-0.2, 0) is 9.53 Å². The molecule has 2 aliphatic heterocycles. The maximum absolute atomic E-state index is 12.1.